The van der Waals surface area contributed by atoms with Crippen molar-refractivity contribution < 1.29 is 4.74 Å². The number of nitrogens with zero attached hydrogens (tertiary/aromatic N) is 2. The highest BCUT2D eigenvalue weighted by molar-refractivity contribution is 5.69. The van der Waals surface area contributed by atoms with Crippen molar-refractivity contribution in [3.05, 3.63) is 41.2 Å². The Morgan fingerprint density at radius 1 is 1.16 bits per heavy atom. The number of aryl methyl sites for hydroxylation is 2. The largest absolute Gasteiger partial charge is 0.376 e. The highest BCUT2D eigenvalue weighted by Gasteiger charge is 2.18. The molecule has 3 heteroatoms. The van der Waals surface area contributed by atoms with Crippen LogP contribution in [-0.2, 0) is 11.3 Å². The molecule has 1 aromatic carbocycles. The van der Waals surface area contributed by atoms with Crippen LogP contribution in [0.15, 0.2) is 24.4 Å². The van der Waals surface area contributed by atoms with Gasteiger partial charge in [-0.15, -0.1) is 0 Å². The van der Waals surface area contributed by atoms with Gasteiger partial charge in [0.05, 0.1) is 18.3 Å². The fourth-order valence-corrected chi connectivity index (χ4v) is 3.49. The molecule has 1 saturated carbocycles. The molecule has 0 N–H and O–H groups in total. The molecular weight excluding hydrogens is 308 g/mol. The first-order chi connectivity index (χ1) is 12.2. The molecule has 1 atom stereocenters. The molecule has 2 fully saturated rings. The molecule has 1 aliphatic heterocycles. The molecule has 1 aliphatic carbocycles. The average Bonchev–Trinajstić information content (AvgIpc) is 3.37. The Balaban J connectivity index is 1.53. The molecule has 0 amide bonds. The number of benzene rings is 1. The van der Waals surface area contributed by atoms with Crippen molar-refractivity contribution in [2.45, 2.75) is 58.6 Å². The molecule has 4 rings (SSSR count). The molecule has 2 heterocycles. The van der Waals surface area contributed by atoms with E-state index in [9.17, 15) is 0 Å². The van der Waals surface area contributed by atoms with Gasteiger partial charge in [0.2, 0.25) is 0 Å². The minimum atomic E-state index is 0.307. The fraction of sp³-hybridized carbons (Fsp3) is 0.500. The molecule has 130 valence electrons. The molecule has 0 unspecified atom stereocenters. The van der Waals surface area contributed by atoms with Gasteiger partial charge in [-0.3, -0.25) is 4.68 Å². The van der Waals surface area contributed by atoms with Crippen molar-refractivity contribution in [3.63, 3.8) is 0 Å². The molecule has 1 aromatic heterocycles. The van der Waals surface area contributed by atoms with Gasteiger partial charge in [-0.05, 0) is 69.2 Å². The molecule has 25 heavy (non-hydrogen) atoms. The lowest BCUT2D eigenvalue weighted by atomic mass is 9.99. The van der Waals surface area contributed by atoms with Crippen LogP contribution < -0.4 is 0 Å². The van der Waals surface area contributed by atoms with Gasteiger partial charge in [-0.1, -0.05) is 17.9 Å². The van der Waals surface area contributed by atoms with Crippen molar-refractivity contribution in [1.82, 2.24) is 9.78 Å². The first-order valence-electron chi connectivity index (χ1n) is 9.47. The second kappa shape index (κ2) is 7.06. The number of hydrogen-bond acceptors (Lipinski definition) is 2. The van der Waals surface area contributed by atoms with E-state index >= 15 is 0 Å². The van der Waals surface area contributed by atoms with Gasteiger partial charge in [0.15, 0.2) is 0 Å². The Hall–Kier alpha value is -2.05. The van der Waals surface area contributed by atoms with Crippen molar-refractivity contribution in [2.24, 2.45) is 5.92 Å². The van der Waals surface area contributed by atoms with E-state index in [1.807, 2.05) is 0 Å². The first-order valence-corrected chi connectivity index (χ1v) is 9.47. The van der Waals surface area contributed by atoms with Gasteiger partial charge >= 0.3 is 0 Å². The van der Waals surface area contributed by atoms with Crippen LogP contribution >= 0.6 is 0 Å². The Morgan fingerprint density at radius 2 is 2.04 bits per heavy atom. The third-order valence-corrected chi connectivity index (χ3v) is 5.13. The molecule has 3 nitrogen and oxygen atoms in total. The summed E-state index contributed by atoms with van der Waals surface area (Å²) in [5.41, 5.74) is 5.93. The van der Waals surface area contributed by atoms with Crippen molar-refractivity contribution >= 4 is 0 Å². The third-order valence-electron chi connectivity index (χ3n) is 5.13. The summed E-state index contributed by atoms with van der Waals surface area (Å²) < 4.78 is 7.91. The normalized spacial score (nSPS) is 20.2. The fourth-order valence-electron chi connectivity index (χ4n) is 3.49. The maximum atomic E-state index is 5.85. The second-order valence-corrected chi connectivity index (χ2v) is 7.41. The SMILES string of the molecule is Cc1cc(C#CC2CC2)ccc1-c1cn(C[C@H]2CCCCO2)nc1C. The molecule has 0 bridgehead atoms. The van der Waals surface area contributed by atoms with Crippen LogP contribution in [0.25, 0.3) is 11.1 Å². The van der Waals surface area contributed by atoms with E-state index in [0.29, 0.717) is 12.0 Å². The van der Waals surface area contributed by atoms with E-state index in [0.717, 1.165) is 30.8 Å². The van der Waals surface area contributed by atoms with E-state index in [4.69, 9.17) is 9.84 Å². The van der Waals surface area contributed by atoms with E-state index in [1.165, 1.54) is 42.4 Å². The Morgan fingerprint density at radius 3 is 2.76 bits per heavy atom. The lowest BCUT2D eigenvalue weighted by molar-refractivity contribution is 0.00396. The van der Waals surface area contributed by atoms with Crippen molar-refractivity contribution in [3.8, 4) is 23.0 Å². The summed E-state index contributed by atoms with van der Waals surface area (Å²) in [4.78, 5) is 0. The van der Waals surface area contributed by atoms with E-state index in [-0.39, 0.29) is 0 Å². The van der Waals surface area contributed by atoms with Gasteiger partial charge in [0.1, 0.15) is 0 Å². The molecule has 0 spiro atoms. The zero-order chi connectivity index (χ0) is 17.2. The number of hydrogen-bond donors (Lipinski definition) is 0. The van der Waals surface area contributed by atoms with Crippen LogP contribution in [0.5, 0.6) is 0 Å². The summed E-state index contributed by atoms with van der Waals surface area (Å²) >= 11 is 0. The second-order valence-electron chi connectivity index (χ2n) is 7.41. The number of rotatable bonds is 3. The van der Waals surface area contributed by atoms with Gasteiger partial charge < -0.3 is 4.74 Å². The van der Waals surface area contributed by atoms with Crippen LogP contribution in [0.1, 0.15) is 48.9 Å². The van der Waals surface area contributed by atoms with Crippen LogP contribution in [0.3, 0.4) is 0 Å². The summed E-state index contributed by atoms with van der Waals surface area (Å²) in [6, 6.07) is 6.53. The molecule has 2 aromatic rings. The summed E-state index contributed by atoms with van der Waals surface area (Å²) in [5.74, 6) is 7.29. The Bertz CT molecular complexity index is 814. The summed E-state index contributed by atoms with van der Waals surface area (Å²) in [5, 5.41) is 4.72. The average molecular weight is 334 g/mol. The summed E-state index contributed by atoms with van der Waals surface area (Å²) in [6.45, 7) is 6.00. The minimum absolute atomic E-state index is 0.307. The standard InChI is InChI=1S/C22H26N2O/c1-16-13-19(9-8-18-6-7-18)10-11-21(16)22-15-24(23-17(22)2)14-20-5-3-4-12-25-20/h10-11,13,15,18,20H,3-7,12,14H2,1-2H3/t20-/m1/s1. The number of aromatic nitrogens is 2. The van der Waals surface area contributed by atoms with Crippen LogP contribution in [0.4, 0.5) is 0 Å². The molecular formula is C22H26N2O. The van der Waals surface area contributed by atoms with E-state index in [1.54, 1.807) is 0 Å². The van der Waals surface area contributed by atoms with Gasteiger partial charge in [-0.2, -0.15) is 5.10 Å². The highest BCUT2D eigenvalue weighted by Crippen LogP contribution is 2.29. The number of ether oxygens (including phenoxy) is 1. The van der Waals surface area contributed by atoms with Gasteiger partial charge in [0, 0.05) is 29.8 Å². The smallest absolute Gasteiger partial charge is 0.0770 e. The lowest BCUT2D eigenvalue weighted by Crippen LogP contribution is -2.24. The van der Waals surface area contributed by atoms with Crippen LogP contribution in [0, 0.1) is 31.6 Å². The molecule has 1 saturated heterocycles. The zero-order valence-corrected chi connectivity index (χ0v) is 15.2. The summed E-state index contributed by atoms with van der Waals surface area (Å²) in [7, 11) is 0. The predicted octanol–water partition coefficient (Wildman–Crippen LogP) is 4.50. The third kappa shape index (κ3) is 3.96. The van der Waals surface area contributed by atoms with Gasteiger partial charge in [0.25, 0.3) is 0 Å². The highest BCUT2D eigenvalue weighted by atomic mass is 16.5. The maximum Gasteiger partial charge on any atom is 0.0770 e. The van der Waals surface area contributed by atoms with E-state index < -0.39 is 0 Å². The van der Waals surface area contributed by atoms with Crippen LogP contribution in [0.2, 0.25) is 0 Å². The Labute approximate surface area is 150 Å². The lowest BCUT2D eigenvalue weighted by Gasteiger charge is -2.22. The predicted molar refractivity (Wildman–Crippen MR) is 100 cm³/mol. The minimum Gasteiger partial charge on any atom is -0.376 e. The molecule has 2 aliphatic rings. The molecule has 0 radical (unpaired) electrons. The maximum absolute atomic E-state index is 5.85. The zero-order valence-electron chi connectivity index (χ0n) is 15.2. The summed E-state index contributed by atoms with van der Waals surface area (Å²) in [6.07, 6.45) is 8.62. The van der Waals surface area contributed by atoms with Crippen LogP contribution in [-0.4, -0.2) is 22.5 Å². The first kappa shape index (κ1) is 16.4. The Kier molecular flexibility index (Phi) is 4.63. The van der Waals surface area contributed by atoms with Crippen molar-refractivity contribution in [1.29, 1.82) is 0 Å². The quantitative estimate of drug-likeness (QED) is 0.773. The topological polar surface area (TPSA) is 27.1 Å². The van der Waals surface area contributed by atoms with Crippen molar-refractivity contribution in [2.75, 3.05) is 6.61 Å². The van der Waals surface area contributed by atoms with E-state index in [2.05, 4.69) is 54.8 Å². The monoisotopic (exact) mass is 334 g/mol. The van der Waals surface area contributed by atoms with Gasteiger partial charge in [-0.25, -0.2) is 0 Å².